The van der Waals surface area contributed by atoms with E-state index in [1.807, 2.05) is 12.1 Å². The van der Waals surface area contributed by atoms with Crippen molar-refractivity contribution in [3.63, 3.8) is 0 Å². The van der Waals surface area contributed by atoms with Gasteiger partial charge in [0.15, 0.2) is 0 Å². The van der Waals surface area contributed by atoms with Gasteiger partial charge in [0.1, 0.15) is 5.75 Å². The first-order chi connectivity index (χ1) is 6.22. The molecule has 0 unspecified atom stereocenters. The number of hydrogen-bond donors (Lipinski definition) is 0. The Hall–Kier alpha value is -0.500. The maximum Gasteiger partial charge on any atom is 0.119 e. The number of rotatable bonds is 4. The normalized spacial score (nSPS) is 10.5. The van der Waals surface area contributed by atoms with Crippen LogP contribution in [0.25, 0.3) is 0 Å². The van der Waals surface area contributed by atoms with E-state index in [4.69, 9.17) is 4.74 Å². The second-order valence-electron chi connectivity index (χ2n) is 3.49. The predicted molar refractivity (Wildman–Crippen MR) is 59.4 cm³/mol. The molecule has 1 rings (SSSR count). The molecule has 0 aliphatic carbocycles. The summed E-state index contributed by atoms with van der Waals surface area (Å²) in [5.74, 6) is 1.54. The Bertz CT molecular complexity index is 258. The lowest BCUT2D eigenvalue weighted by atomic mass is 10.2. The van der Waals surface area contributed by atoms with E-state index in [-0.39, 0.29) is 0 Å². The molecule has 0 bridgehead atoms. The van der Waals surface area contributed by atoms with Crippen LogP contribution in [-0.2, 0) is 5.33 Å². The molecule has 13 heavy (non-hydrogen) atoms. The quantitative estimate of drug-likeness (QED) is 0.734. The zero-order valence-electron chi connectivity index (χ0n) is 8.09. The van der Waals surface area contributed by atoms with Crippen LogP contribution in [0.15, 0.2) is 24.3 Å². The van der Waals surface area contributed by atoms with Crippen molar-refractivity contribution < 1.29 is 4.74 Å². The summed E-state index contributed by atoms with van der Waals surface area (Å²) in [5, 5.41) is 0.881. The van der Waals surface area contributed by atoms with Crippen molar-refractivity contribution in [1.82, 2.24) is 0 Å². The summed E-state index contributed by atoms with van der Waals surface area (Å²) >= 11 is 3.42. The van der Waals surface area contributed by atoms with E-state index in [1.54, 1.807) is 0 Å². The molecule has 1 aromatic rings. The van der Waals surface area contributed by atoms with Gasteiger partial charge in [-0.25, -0.2) is 0 Å². The van der Waals surface area contributed by atoms with Crippen LogP contribution in [-0.4, -0.2) is 6.61 Å². The van der Waals surface area contributed by atoms with Gasteiger partial charge in [-0.2, -0.15) is 0 Å². The first kappa shape index (κ1) is 10.6. The van der Waals surface area contributed by atoms with Gasteiger partial charge in [0.25, 0.3) is 0 Å². The summed E-state index contributed by atoms with van der Waals surface area (Å²) in [6.45, 7) is 5.08. The lowest BCUT2D eigenvalue weighted by Crippen LogP contribution is -2.04. The number of alkyl halides is 1. The maximum atomic E-state index is 5.59. The molecule has 0 saturated heterocycles. The second kappa shape index (κ2) is 5.28. The van der Waals surface area contributed by atoms with Crippen molar-refractivity contribution in [1.29, 1.82) is 0 Å². The van der Waals surface area contributed by atoms with Crippen LogP contribution in [0.5, 0.6) is 5.75 Å². The molecule has 0 spiro atoms. The molecule has 0 saturated carbocycles. The van der Waals surface area contributed by atoms with Gasteiger partial charge in [-0.05, 0) is 23.6 Å². The van der Waals surface area contributed by atoms with E-state index in [9.17, 15) is 0 Å². The van der Waals surface area contributed by atoms with Crippen LogP contribution in [0.2, 0.25) is 0 Å². The number of ether oxygens (including phenoxy) is 1. The van der Waals surface area contributed by atoms with Gasteiger partial charge in [-0.3, -0.25) is 0 Å². The fraction of sp³-hybridized carbons (Fsp3) is 0.455. The summed E-state index contributed by atoms with van der Waals surface area (Å²) in [7, 11) is 0. The predicted octanol–water partition coefficient (Wildman–Crippen LogP) is 3.62. The highest BCUT2D eigenvalue weighted by Gasteiger charge is 1.97. The third-order valence-electron chi connectivity index (χ3n) is 1.64. The van der Waals surface area contributed by atoms with Gasteiger partial charge < -0.3 is 4.74 Å². The first-order valence-electron chi connectivity index (χ1n) is 4.50. The first-order valence-corrected chi connectivity index (χ1v) is 5.62. The Kier molecular flexibility index (Phi) is 4.29. The summed E-state index contributed by atoms with van der Waals surface area (Å²) in [5.41, 5.74) is 1.25. The number of hydrogen-bond acceptors (Lipinski definition) is 1. The van der Waals surface area contributed by atoms with E-state index < -0.39 is 0 Å². The molecule has 0 heterocycles. The van der Waals surface area contributed by atoms with Crippen LogP contribution >= 0.6 is 15.9 Å². The third-order valence-corrected chi connectivity index (χ3v) is 2.28. The van der Waals surface area contributed by atoms with E-state index in [0.717, 1.165) is 17.7 Å². The van der Waals surface area contributed by atoms with Crippen LogP contribution in [0.1, 0.15) is 19.4 Å². The highest BCUT2D eigenvalue weighted by atomic mass is 79.9. The van der Waals surface area contributed by atoms with Crippen LogP contribution in [0, 0.1) is 5.92 Å². The van der Waals surface area contributed by atoms with Crippen molar-refractivity contribution >= 4 is 15.9 Å². The van der Waals surface area contributed by atoms with Gasteiger partial charge in [0, 0.05) is 5.33 Å². The molecule has 0 aliphatic rings. The molecule has 2 heteroatoms. The molecular weight excluding hydrogens is 228 g/mol. The minimum absolute atomic E-state index is 0.577. The summed E-state index contributed by atoms with van der Waals surface area (Å²) in [6.07, 6.45) is 0. The third kappa shape index (κ3) is 3.81. The van der Waals surface area contributed by atoms with Gasteiger partial charge in [-0.15, -0.1) is 0 Å². The van der Waals surface area contributed by atoms with Crippen LogP contribution < -0.4 is 4.74 Å². The van der Waals surface area contributed by atoms with Gasteiger partial charge in [-0.1, -0.05) is 41.9 Å². The molecular formula is C11H15BrO. The largest absolute Gasteiger partial charge is 0.493 e. The summed E-state index contributed by atoms with van der Waals surface area (Å²) in [4.78, 5) is 0. The Labute approximate surface area is 88.2 Å². The summed E-state index contributed by atoms with van der Waals surface area (Å²) in [6, 6.07) is 8.16. The summed E-state index contributed by atoms with van der Waals surface area (Å²) < 4.78 is 5.59. The van der Waals surface area contributed by atoms with Crippen molar-refractivity contribution in [2.24, 2.45) is 5.92 Å². The van der Waals surface area contributed by atoms with Gasteiger partial charge >= 0.3 is 0 Å². The fourth-order valence-corrected chi connectivity index (χ4v) is 1.33. The molecule has 0 N–H and O–H groups in total. The van der Waals surface area contributed by atoms with Crippen molar-refractivity contribution in [2.75, 3.05) is 6.61 Å². The lowest BCUT2D eigenvalue weighted by molar-refractivity contribution is 0.271. The fourth-order valence-electron chi connectivity index (χ4n) is 0.981. The zero-order chi connectivity index (χ0) is 9.68. The highest BCUT2D eigenvalue weighted by Crippen LogP contribution is 2.15. The molecule has 1 nitrogen and oxygen atoms in total. The molecule has 0 atom stereocenters. The minimum atomic E-state index is 0.577. The van der Waals surface area contributed by atoms with Gasteiger partial charge in [0.05, 0.1) is 6.61 Å². The highest BCUT2D eigenvalue weighted by molar-refractivity contribution is 9.08. The minimum Gasteiger partial charge on any atom is -0.493 e. The molecule has 0 fully saturated rings. The standard InChI is InChI=1S/C11H15BrO/c1-9(2)8-13-11-5-3-4-10(6-11)7-12/h3-6,9H,7-8H2,1-2H3. The average molecular weight is 243 g/mol. The number of benzene rings is 1. The molecule has 72 valence electrons. The van der Waals surface area contributed by atoms with Crippen molar-refractivity contribution in [3.05, 3.63) is 29.8 Å². The number of halogens is 1. The van der Waals surface area contributed by atoms with E-state index >= 15 is 0 Å². The van der Waals surface area contributed by atoms with E-state index in [0.29, 0.717) is 5.92 Å². The van der Waals surface area contributed by atoms with E-state index in [2.05, 4.69) is 41.9 Å². The molecule has 1 aromatic carbocycles. The molecule has 0 aromatic heterocycles. The zero-order valence-corrected chi connectivity index (χ0v) is 9.67. The van der Waals surface area contributed by atoms with Gasteiger partial charge in [0.2, 0.25) is 0 Å². The topological polar surface area (TPSA) is 9.23 Å². The Morgan fingerprint density at radius 3 is 2.77 bits per heavy atom. The Balaban J connectivity index is 2.56. The smallest absolute Gasteiger partial charge is 0.119 e. The molecule has 0 aliphatic heterocycles. The SMILES string of the molecule is CC(C)COc1cccc(CBr)c1. The second-order valence-corrected chi connectivity index (χ2v) is 4.05. The lowest BCUT2D eigenvalue weighted by Gasteiger charge is -2.08. The van der Waals surface area contributed by atoms with E-state index in [1.165, 1.54) is 5.56 Å². The van der Waals surface area contributed by atoms with Crippen LogP contribution in [0.3, 0.4) is 0 Å². The molecule has 0 radical (unpaired) electrons. The average Bonchev–Trinajstić information content (AvgIpc) is 2.15. The van der Waals surface area contributed by atoms with Crippen LogP contribution in [0.4, 0.5) is 0 Å². The van der Waals surface area contributed by atoms with Crippen molar-refractivity contribution in [2.45, 2.75) is 19.2 Å². The molecule has 0 amide bonds. The monoisotopic (exact) mass is 242 g/mol. The van der Waals surface area contributed by atoms with Crippen molar-refractivity contribution in [3.8, 4) is 5.75 Å². The Morgan fingerprint density at radius 2 is 2.15 bits per heavy atom. The maximum absolute atomic E-state index is 5.59. The Morgan fingerprint density at radius 1 is 1.38 bits per heavy atom.